The van der Waals surface area contributed by atoms with Gasteiger partial charge >= 0.3 is 5.97 Å². The smallest absolute Gasteiger partial charge is 0.346 e. The van der Waals surface area contributed by atoms with Gasteiger partial charge in [0.15, 0.2) is 0 Å². The first-order chi connectivity index (χ1) is 12.5. The molecule has 1 amide bonds. The van der Waals surface area contributed by atoms with Crippen molar-refractivity contribution in [3.8, 4) is 16.9 Å². The molecule has 3 aromatic rings. The van der Waals surface area contributed by atoms with E-state index in [4.69, 9.17) is 21.6 Å². The van der Waals surface area contributed by atoms with Crippen molar-refractivity contribution in [3.05, 3.63) is 70.4 Å². The fourth-order valence-corrected chi connectivity index (χ4v) is 3.45. The number of para-hydroxylation sites is 1. The van der Waals surface area contributed by atoms with Gasteiger partial charge in [-0.2, -0.15) is 0 Å². The topological polar surface area (TPSA) is 66.8 Å². The average molecular weight is 388 g/mol. The van der Waals surface area contributed by atoms with Gasteiger partial charge in [-0.05, 0) is 35.2 Å². The molecule has 1 N–H and O–H groups in total. The Balaban J connectivity index is 1.87. The number of carboxylic acid groups (broad SMARTS) is 1. The Morgan fingerprint density at radius 1 is 1.08 bits per heavy atom. The number of carbonyl (C=O) groups excluding carboxylic acids is 1. The molecule has 0 bridgehead atoms. The van der Waals surface area contributed by atoms with Crippen molar-refractivity contribution in [2.24, 2.45) is 0 Å². The maximum absolute atomic E-state index is 12.5. The number of carbonyl (C=O) groups is 2. The summed E-state index contributed by atoms with van der Waals surface area (Å²) in [7, 11) is 1.60. The molecule has 0 radical (unpaired) electrons. The summed E-state index contributed by atoms with van der Waals surface area (Å²) in [5.41, 5.74) is 2.33. The fourth-order valence-electron chi connectivity index (χ4n) is 2.52. The highest BCUT2D eigenvalue weighted by Gasteiger charge is 2.23. The van der Waals surface area contributed by atoms with Crippen molar-refractivity contribution in [1.29, 1.82) is 0 Å². The molecule has 1 heterocycles. The minimum Gasteiger partial charge on any atom is -0.496 e. The lowest BCUT2D eigenvalue weighted by atomic mass is 10.0. The Bertz CT molecular complexity index is 952. The van der Waals surface area contributed by atoms with Crippen LogP contribution in [-0.4, -0.2) is 24.1 Å². The number of thiophene rings is 1. The molecule has 0 aliphatic heterocycles. The summed E-state index contributed by atoms with van der Waals surface area (Å²) in [6.45, 7) is 0. The van der Waals surface area contributed by atoms with E-state index >= 15 is 0 Å². The van der Waals surface area contributed by atoms with Gasteiger partial charge in [-0.25, -0.2) is 9.21 Å². The molecule has 132 valence electrons. The number of ether oxygens (including phenoxy) is 1. The average Bonchev–Trinajstić information content (AvgIpc) is 3.17. The quantitative estimate of drug-likeness (QED) is 0.631. The zero-order chi connectivity index (χ0) is 18.7. The molecule has 0 unspecified atom stereocenters. The third-order valence-electron chi connectivity index (χ3n) is 3.78. The van der Waals surface area contributed by atoms with Crippen LogP contribution in [0.4, 0.5) is 5.69 Å². The van der Waals surface area contributed by atoms with E-state index in [0.29, 0.717) is 5.69 Å². The Morgan fingerprint density at radius 2 is 1.77 bits per heavy atom. The van der Waals surface area contributed by atoms with Crippen LogP contribution in [-0.2, 0) is 0 Å². The van der Waals surface area contributed by atoms with Gasteiger partial charge in [0, 0.05) is 17.3 Å². The van der Waals surface area contributed by atoms with Gasteiger partial charge in [-0.15, -0.1) is 11.3 Å². The molecule has 0 aliphatic rings. The summed E-state index contributed by atoms with van der Waals surface area (Å²) in [5.74, 6) is -1.00. The van der Waals surface area contributed by atoms with Gasteiger partial charge in [-0.3, -0.25) is 4.79 Å². The predicted octanol–water partition coefficient (Wildman–Crippen LogP) is 4.92. The number of hydrogen-bond donors (Lipinski definition) is 1. The summed E-state index contributed by atoms with van der Waals surface area (Å²) < 4.78 is 6.27. The van der Waals surface area contributed by atoms with E-state index in [-0.39, 0.29) is 10.4 Å². The summed E-state index contributed by atoms with van der Waals surface area (Å²) in [4.78, 5) is 23.7. The molecule has 0 aliphatic carbocycles. The number of hydrogen-bond acceptors (Lipinski definition) is 4. The molecule has 1 aromatic heterocycles. The maximum atomic E-state index is 12.5. The van der Waals surface area contributed by atoms with Crippen molar-refractivity contribution < 1.29 is 19.4 Å². The SMILES string of the molecule is COc1ccccc1-c1ccc(N(Cl)C(=O)c2ccsc2C(=O)O)cc1. The van der Waals surface area contributed by atoms with Crippen LogP contribution >= 0.6 is 23.1 Å². The largest absolute Gasteiger partial charge is 0.496 e. The third kappa shape index (κ3) is 3.42. The van der Waals surface area contributed by atoms with E-state index in [2.05, 4.69) is 0 Å². The summed E-state index contributed by atoms with van der Waals surface area (Å²) in [6.07, 6.45) is 0. The van der Waals surface area contributed by atoms with Crippen LogP contribution in [0.3, 0.4) is 0 Å². The van der Waals surface area contributed by atoms with E-state index in [1.54, 1.807) is 24.6 Å². The highest BCUT2D eigenvalue weighted by atomic mass is 35.5. The fraction of sp³-hybridized carbons (Fsp3) is 0.0526. The number of benzene rings is 2. The zero-order valence-electron chi connectivity index (χ0n) is 13.7. The predicted molar refractivity (Wildman–Crippen MR) is 102 cm³/mol. The number of anilines is 1. The van der Waals surface area contributed by atoms with E-state index in [9.17, 15) is 9.59 Å². The number of halogens is 1. The van der Waals surface area contributed by atoms with Crippen molar-refractivity contribution in [3.63, 3.8) is 0 Å². The second-order valence-corrected chi connectivity index (χ2v) is 6.56. The molecule has 0 fully saturated rings. The molecule has 0 atom stereocenters. The number of nitrogens with zero attached hydrogens (tertiary/aromatic N) is 1. The molecule has 3 rings (SSSR count). The highest BCUT2D eigenvalue weighted by Crippen LogP contribution is 2.32. The summed E-state index contributed by atoms with van der Waals surface area (Å²) in [5, 5.41) is 10.7. The van der Waals surface area contributed by atoms with Crippen LogP contribution < -0.4 is 9.16 Å². The van der Waals surface area contributed by atoms with Gasteiger partial charge in [0.25, 0.3) is 5.91 Å². The zero-order valence-corrected chi connectivity index (χ0v) is 15.3. The Hall–Kier alpha value is -2.83. The third-order valence-corrected chi connectivity index (χ3v) is 5.03. The van der Waals surface area contributed by atoms with E-state index in [0.717, 1.165) is 32.6 Å². The van der Waals surface area contributed by atoms with Gasteiger partial charge < -0.3 is 9.84 Å². The van der Waals surface area contributed by atoms with E-state index < -0.39 is 11.9 Å². The second kappa shape index (κ2) is 7.59. The monoisotopic (exact) mass is 387 g/mol. The normalized spacial score (nSPS) is 10.4. The molecule has 0 spiro atoms. The first-order valence-corrected chi connectivity index (χ1v) is 8.79. The molecule has 5 nitrogen and oxygen atoms in total. The molecular weight excluding hydrogens is 374 g/mol. The molecule has 7 heteroatoms. The van der Waals surface area contributed by atoms with Gasteiger partial charge in [0.1, 0.15) is 10.6 Å². The summed E-state index contributed by atoms with van der Waals surface area (Å²) in [6, 6.07) is 16.1. The lowest BCUT2D eigenvalue weighted by Gasteiger charge is -2.15. The van der Waals surface area contributed by atoms with Crippen LogP contribution in [0.5, 0.6) is 5.75 Å². The Kier molecular flexibility index (Phi) is 5.25. The highest BCUT2D eigenvalue weighted by molar-refractivity contribution is 7.12. The minimum absolute atomic E-state index is 0.0358. The van der Waals surface area contributed by atoms with Crippen LogP contribution in [0.1, 0.15) is 20.0 Å². The molecule has 26 heavy (non-hydrogen) atoms. The lowest BCUT2D eigenvalue weighted by Crippen LogP contribution is -2.22. The van der Waals surface area contributed by atoms with Crippen molar-refractivity contribution in [2.75, 3.05) is 11.5 Å². The number of rotatable bonds is 5. The maximum Gasteiger partial charge on any atom is 0.346 e. The van der Waals surface area contributed by atoms with Crippen LogP contribution in [0.25, 0.3) is 11.1 Å². The summed E-state index contributed by atoms with van der Waals surface area (Å²) >= 11 is 7.14. The van der Waals surface area contributed by atoms with Gasteiger partial charge in [0.05, 0.1) is 18.4 Å². The number of carboxylic acids is 1. The van der Waals surface area contributed by atoms with Crippen molar-refractivity contribution >= 4 is 40.7 Å². The molecule has 0 saturated carbocycles. The molecule has 2 aromatic carbocycles. The van der Waals surface area contributed by atoms with Crippen molar-refractivity contribution in [1.82, 2.24) is 0 Å². The van der Waals surface area contributed by atoms with E-state index in [1.807, 2.05) is 36.4 Å². The first kappa shape index (κ1) is 18.0. The van der Waals surface area contributed by atoms with Gasteiger partial charge in [-0.1, -0.05) is 30.3 Å². The molecule has 0 saturated heterocycles. The minimum atomic E-state index is -1.15. The standard InChI is InChI=1S/C19H14ClNO4S/c1-25-16-5-3-2-4-14(16)12-6-8-13(9-7-12)21(20)18(22)15-10-11-26-17(15)19(23)24/h2-11H,1H3,(H,23,24). The first-order valence-electron chi connectivity index (χ1n) is 7.57. The van der Waals surface area contributed by atoms with Crippen LogP contribution in [0, 0.1) is 0 Å². The number of aromatic carboxylic acids is 1. The van der Waals surface area contributed by atoms with Crippen LogP contribution in [0.2, 0.25) is 0 Å². The van der Waals surface area contributed by atoms with E-state index in [1.165, 1.54) is 6.07 Å². The lowest BCUT2D eigenvalue weighted by molar-refractivity contribution is 0.0698. The molecular formula is C19H14ClNO4S. The van der Waals surface area contributed by atoms with Gasteiger partial charge in [0.2, 0.25) is 0 Å². The number of amides is 1. The second-order valence-electron chi connectivity index (χ2n) is 5.30. The Morgan fingerprint density at radius 3 is 2.42 bits per heavy atom. The number of methoxy groups -OCH3 is 1. The Labute approximate surface area is 159 Å². The van der Waals surface area contributed by atoms with Crippen molar-refractivity contribution in [2.45, 2.75) is 0 Å². The van der Waals surface area contributed by atoms with Crippen LogP contribution in [0.15, 0.2) is 60.0 Å².